The van der Waals surface area contributed by atoms with Crippen molar-refractivity contribution in [3.05, 3.63) is 95.1 Å². The highest BCUT2D eigenvalue weighted by atomic mass is 16.5. The third kappa shape index (κ3) is 1.91. The highest BCUT2D eigenvalue weighted by Gasteiger charge is 2.68. The number of methoxy groups -OCH3 is 1. The van der Waals surface area contributed by atoms with Crippen molar-refractivity contribution in [2.45, 2.75) is 18.8 Å². The van der Waals surface area contributed by atoms with Crippen LogP contribution in [0.2, 0.25) is 0 Å². The molecule has 2 atom stereocenters. The van der Waals surface area contributed by atoms with Crippen LogP contribution in [0.1, 0.15) is 41.0 Å². The highest BCUT2D eigenvalue weighted by molar-refractivity contribution is 6.25. The van der Waals surface area contributed by atoms with E-state index in [4.69, 9.17) is 4.74 Å². The number of rotatable bonds is 2. The Labute approximate surface area is 175 Å². The number of anilines is 1. The summed E-state index contributed by atoms with van der Waals surface area (Å²) in [5.41, 5.74) is 4.52. The number of amides is 2. The molecule has 3 aromatic carbocycles. The molecule has 4 heteroatoms. The van der Waals surface area contributed by atoms with Crippen LogP contribution >= 0.6 is 0 Å². The van der Waals surface area contributed by atoms with E-state index in [1.54, 1.807) is 31.4 Å². The molecule has 3 aliphatic carbocycles. The molecule has 4 nitrogen and oxygen atoms in total. The van der Waals surface area contributed by atoms with Gasteiger partial charge in [0.05, 0.1) is 24.1 Å². The van der Waals surface area contributed by atoms with E-state index < -0.39 is 11.3 Å². The summed E-state index contributed by atoms with van der Waals surface area (Å²) in [7, 11) is 1.60. The molecule has 3 aromatic rings. The maximum atomic E-state index is 13.9. The fourth-order valence-corrected chi connectivity index (χ4v) is 6.09. The minimum atomic E-state index is -0.801. The molecule has 2 amide bonds. The number of nitrogens with zero attached hydrogens (tertiary/aromatic N) is 1. The zero-order valence-electron chi connectivity index (χ0n) is 16.8. The van der Waals surface area contributed by atoms with Gasteiger partial charge in [0.2, 0.25) is 11.8 Å². The lowest BCUT2D eigenvalue weighted by molar-refractivity contribution is -0.128. The molecule has 0 N–H and O–H groups in total. The van der Waals surface area contributed by atoms with Gasteiger partial charge in [0, 0.05) is 11.8 Å². The van der Waals surface area contributed by atoms with E-state index >= 15 is 0 Å². The molecule has 7 rings (SSSR count). The van der Waals surface area contributed by atoms with E-state index in [2.05, 4.69) is 24.3 Å². The molecule has 1 saturated heterocycles. The summed E-state index contributed by atoms with van der Waals surface area (Å²) in [5, 5.41) is 0. The van der Waals surface area contributed by atoms with E-state index in [0.717, 1.165) is 0 Å². The van der Waals surface area contributed by atoms with Crippen LogP contribution in [0.5, 0.6) is 5.75 Å². The van der Waals surface area contributed by atoms with Crippen molar-refractivity contribution >= 4 is 17.5 Å². The minimum absolute atomic E-state index is 0.105. The minimum Gasteiger partial charge on any atom is -0.497 e. The van der Waals surface area contributed by atoms with Crippen LogP contribution in [0.25, 0.3) is 0 Å². The summed E-state index contributed by atoms with van der Waals surface area (Å²) in [4.78, 5) is 29.1. The largest absolute Gasteiger partial charge is 0.497 e. The van der Waals surface area contributed by atoms with Gasteiger partial charge in [0.25, 0.3) is 0 Å². The van der Waals surface area contributed by atoms with Crippen molar-refractivity contribution in [1.82, 2.24) is 0 Å². The molecule has 1 aliphatic heterocycles. The van der Waals surface area contributed by atoms with E-state index in [0.29, 0.717) is 11.4 Å². The predicted molar refractivity (Wildman–Crippen MR) is 114 cm³/mol. The summed E-state index contributed by atoms with van der Waals surface area (Å²) in [6, 6.07) is 23.8. The van der Waals surface area contributed by atoms with E-state index in [-0.39, 0.29) is 23.7 Å². The number of imide groups is 1. The first-order chi connectivity index (χ1) is 14.6. The normalized spacial score (nSPS) is 28.2. The van der Waals surface area contributed by atoms with E-state index in [9.17, 15) is 9.59 Å². The van der Waals surface area contributed by atoms with Gasteiger partial charge in [0.15, 0.2) is 0 Å². The van der Waals surface area contributed by atoms with Gasteiger partial charge in [-0.05, 0) is 53.4 Å². The first-order valence-electron chi connectivity index (χ1n) is 10.3. The molecule has 2 bridgehead atoms. The number of ether oxygens (including phenoxy) is 1. The molecular formula is C26H21NO3. The summed E-state index contributed by atoms with van der Waals surface area (Å²) in [6.07, 6.45) is 0. The Hall–Kier alpha value is -3.40. The lowest BCUT2D eigenvalue weighted by Gasteiger charge is -2.51. The number of carbonyl (C=O) groups is 2. The van der Waals surface area contributed by atoms with Crippen LogP contribution in [0, 0.1) is 11.3 Å². The van der Waals surface area contributed by atoms with Gasteiger partial charge in [-0.3, -0.25) is 9.59 Å². The summed E-state index contributed by atoms with van der Waals surface area (Å²) in [5.74, 6) is -0.150. The molecule has 148 valence electrons. The molecule has 30 heavy (non-hydrogen) atoms. The molecule has 0 radical (unpaired) electrons. The fourth-order valence-electron chi connectivity index (χ4n) is 6.09. The molecule has 0 spiro atoms. The Morgan fingerprint density at radius 3 is 1.87 bits per heavy atom. The maximum Gasteiger partial charge on any atom is 0.241 e. The molecule has 0 unspecified atom stereocenters. The summed E-state index contributed by atoms with van der Waals surface area (Å²) >= 11 is 0. The molecular weight excluding hydrogens is 374 g/mol. The van der Waals surface area contributed by atoms with Crippen molar-refractivity contribution < 1.29 is 14.3 Å². The Kier molecular flexibility index (Phi) is 3.39. The van der Waals surface area contributed by atoms with Crippen molar-refractivity contribution in [1.29, 1.82) is 0 Å². The third-order valence-electron chi connectivity index (χ3n) is 7.34. The van der Waals surface area contributed by atoms with Crippen LogP contribution in [-0.2, 0) is 9.59 Å². The first-order valence-corrected chi connectivity index (χ1v) is 10.3. The van der Waals surface area contributed by atoms with E-state index in [1.807, 2.05) is 31.2 Å². The zero-order valence-corrected chi connectivity index (χ0v) is 16.8. The second kappa shape index (κ2) is 5.82. The fraction of sp³-hybridized carbons (Fsp3) is 0.231. The van der Waals surface area contributed by atoms with Gasteiger partial charge < -0.3 is 4.74 Å². The smallest absolute Gasteiger partial charge is 0.241 e. The van der Waals surface area contributed by atoms with Crippen molar-refractivity contribution in [3.8, 4) is 5.75 Å². The van der Waals surface area contributed by atoms with Crippen LogP contribution < -0.4 is 9.64 Å². The van der Waals surface area contributed by atoms with Crippen LogP contribution in [0.4, 0.5) is 5.69 Å². The topological polar surface area (TPSA) is 46.6 Å². The Bertz CT molecular complexity index is 1170. The summed E-state index contributed by atoms with van der Waals surface area (Å²) < 4.78 is 5.24. The molecule has 1 fully saturated rings. The quantitative estimate of drug-likeness (QED) is 0.601. The van der Waals surface area contributed by atoms with Crippen molar-refractivity contribution in [2.24, 2.45) is 11.3 Å². The Morgan fingerprint density at radius 1 is 0.800 bits per heavy atom. The standard InChI is InChI=1S/C26H21NO3/c1-26-22-19-9-5-3-7-17(19)21(18-8-4-6-10-20(18)22)23(26)24(28)27(25(26)29)15-11-13-16(30-2)14-12-15/h3-14,21-23H,1-2H3/t21?,22?,23-,26-/m0/s1. The lowest BCUT2D eigenvalue weighted by Crippen LogP contribution is -2.49. The first kappa shape index (κ1) is 17.5. The second-order valence-electron chi connectivity index (χ2n) is 8.61. The van der Waals surface area contributed by atoms with Crippen LogP contribution in [0.3, 0.4) is 0 Å². The number of benzene rings is 3. The van der Waals surface area contributed by atoms with Gasteiger partial charge in [-0.2, -0.15) is 0 Å². The Morgan fingerprint density at radius 2 is 1.33 bits per heavy atom. The molecule has 0 saturated carbocycles. The number of carbonyl (C=O) groups excluding carboxylic acids is 2. The molecule has 0 aromatic heterocycles. The second-order valence-corrected chi connectivity index (χ2v) is 8.61. The SMILES string of the molecule is COc1ccc(N2C(=O)[C@@H]3C4c5ccccc5C(c5ccccc54)[C@]3(C)C2=O)cc1. The van der Waals surface area contributed by atoms with Gasteiger partial charge in [0.1, 0.15) is 5.75 Å². The van der Waals surface area contributed by atoms with Gasteiger partial charge in [-0.15, -0.1) is 0 Å². The zero-order chi connectivity index (χ0) is 20.6. The van der Waals surface area contributed by atoms with Crippen molar-refractivity contribution in [2.75, 3.05) is 12.0 Å². The number of hydrogen-bond acceptors (Lipinski definition) is 3. The average molecular weight is 395 g/mol. The monoisotopic (exact) mass is 395 g/mol. The third-order valence-corrected chi connectivity index (χ3v) is 7.34. The predicted octanol–water partition coefficient (Wildman–Crippen LogP) is 4.48. The van der Waals surface area contributed by atoms with Gasteiger partial charge in [-0.1, -0.05) is 48.5 Å². The van der Waals surface area contributed by atoms with Gasteiger partial charge >= 0.3 is 0 Å². The lowest BCUT2D eigenvalue weighted by atomic mass is 9.48. The average Bonchev–Trinajstić information content (AvgIpc) is 2.99. The highest BCUT2D eigenvalue weighted by Crippen LogP contribution is 2.67. The van der Waals surface area contributed by atoms with E-state index in [1.165, 1.54) is 27.2 Å². The Balaban J connectivity index is 1.58. The van der Waals surface area contributed by atoms with Crippen LogP contribution in [0.15, 0.2) is 72.8 Å². The maximum absolute atomic E-state index is 13.9. The molecule has 4 aliphatic rings. The van der Waals surface area contributed by atoms with Crippen LogP contribution in [-0.4, -0.2) is 18.9 Å². The van der Waals surface area contributed by atoms with Gasteiger partial charge in [-0.25, -0.2) is 4.90 Å². The molecule has 1 heterocycles. The van der Waals surface area contributed by atoms with Crippen molar-refractivity contribution in [3.63, 3.8) is 0 Å². The number of hydrogen-bond donors (Lipinski definition) is 0. The summed E-state index contributed by atoms with van der Waals surface area (Å²) in [6.45, 7) is 1.99.